The van der Waals surface area contributed by atoms with E-state index in [0.29, 0.717) is 24.0 Å². The summed E-state index contributed by atoms with van der Waals surface area (Å²) < 4.78 is 5.42. The van der Waals surface area contributed by atoms with Crippen LogP contribution in [-0.4, -0.2) is 11.9 Å². The molecule has 1 fully saturated rings. The molecule has 1 aliphatic carbocycles. The first-order valence-electron chi connectivity index (χ1n) is 7.51. The van der Waals surface area contributed by atoms with Gasteiger partial charge in [-0.25, -0.2) is 0 Å². The minimum absolute atomic E-state index is 0.120. The number of hydrogen-bond acceptors (Lipinski definition) is 3. The molecule has 20 heavy (non-hydrogen) atoms. The molecule has 0 radical (unpaired) electrons. The van der Waals surface area contributed by atoms with Crippen LogP contribution in [0.25, 0.3) is 0 Å². The van der Waals surface area contributed by atoms with Crippen molar-refractivity contribution in [3.8, 4) is 0 Å². The van der Waals surface area contributed by atoms with Gasteiger partial charge in [0.15, 0.2) is 5.76 Å². The second-order valence-electron chi connectivity index (χ2n) is 6.81. The molecule has 3 N–H and O–H groups in total. The highest BCUT2D eigenvalue weighted by Gasteiger charge is 2.35. The lowest BCUT2D eigenvalue weighted by molar-refractivity contribution is 0.0802. The van der Waals surface area contributed by atoms with Crippen molar-refractivity contribution in [1.82, 2.24) is 5.32 Å². The molecular formula is C16H26N2O2. The van der Waals surface area contributed by atoms with Crippen LogP contribution in [-0.2, 0) is 6.54 Å². The summed E-state index contributed by atoms with van der Waals surface area (Å²) in [4.78, 5) is 12.3. The van der Waals surface area contributed by atoms with Gasteiger partial charge in [0.1, 0.15) is 5.76 Å². The largest absolute Gasteiger partial charge is 0.455 e. The molecule has 4 heteroatoms. The number of furan rings is 1. The Labute approximate surface area is 121 Å². The van der Waals surface area contributed by atoms with Crippen molar-refractivity contribution >= 4 is 5.91 Å². The maximum absolute atomic E-state index is 12.3. The fraction of sp³-hybridized carbons (Fsp3) is 0.688. The number of carbonyl (C=O) groups is 1. The highest BCUT2D eigenvalue weighted by atomic mass is 16.4. The standard InChI is InChI=1S/C16H26N2O2/c1-16(2,3)12-6-4-5-7-13(12)18-15(19)14-9-8-11(10-17)20-14/h8-9,12-13H,4-7,10,17H2,1-3H3,(H,18,19). The number of nitrogens with one attached hydrogen (secondary N) is 1. The fourth-order valence-corrected chi connectivity index (χ4v) is 3.19. The van der Waals surface area contributed by atoms with Crippen LogP contribution in [0.15, 0.2) is 16.5 Å². The first kappa shape index (κ1) is 15.1. The number of rotatable bonds is 3. The summed E-state index contributed by atoms with van der Waals surface area (Å²) in [6.07, 6.45) is 4.68. The van der Waals surface area contributed by atoms with Crippen molar-refractivity contribution in [1.29, 1.82) is 0 Å². The van der Waals surface area contributed by atoms with Gasteiger partial charge in [-0.3, -0.25) is 4.79 Å². The average molecular weight is 278 g/mol. The van der Waals surface area contributed by atoms with Crippen molar-refractivity contribution in [2.24, 2.45) is 17.1 Å². The lowest BCUT2D eigenvalue weighted by Crippen LogP contribution is -2.46. The van der Waals surface area contributed by atoms with Crippen LogP contribution in [0.1, 0.15) is 62.8 Å². The molecule has 1 amide bonds. The molecule has 0 aliphatic heterocycles. The average Bonchev–Trinajstić information content (AvgIpc) is 2.87. The van der Waals surface area contributed by atoms with E-state index in [1.165, 1.54) is 19.3 Å². The fourth-order valence-electron chi connectivity index (χ4n) is 3.19. The van der Waals surface area contributed by atoms with Crippen LogP contribution < -0.4 is 11.1 Å². The first-order valence-corrected chi connectivity index (χ1v) is 7.51. The van der Waals surface area contributed by atoms with Crippen LogP contribution in [0.2, 0.25) is 0 Å². The summed E-state index contributed by atoms with van der Waals surface area (Å²) in [7, 11) is 0. The molecule has 112 valence electrons. The topological polar surface area (TPSA) is 68.3 Å². The van der Waals surface area contributed by atoms with Crippen molar-refractivity contribution in [3.63, 3.8) is 0 Å². The van der Waals surface area contributed by atoms with Gasteiger partial charge in [-0.15, -0.1) is 0 Å². The zero-order chi connectivity index (χ0) is 14.8. The normalized spacial score (nSPS) is 23.6. The van der Waals surface area contributed by atoms with Crippen molar-refractivity contribution in [2.45, 2.75) is 59.0 Å². The van der Waals surface area contributed by atoms with Crippen LogP contribution in [0.5, 0.6) is 0 Å². The van der Waals surface area contributed by atoms with E-state index in [2.05, 4.69) is 26.1 Å². The van der Waals surface area contributed by atoms with Crippen molar-refractivity contribution < 1.29 is 9.21 Å². The third kappa shape index (κ3) is 3.42. The molecule has 1 aliphatic rings. The number of nitrogens with two attached hydrogens (primary N) is 1. The van der Waals surface area contributed by atoms with Crippen molar-refractivity contribution in [2.75, 3.05) is 0 Å². The summed E-state index contributed by atoms with van der Waals surface area (Å²) in [6.45, 7) is 7.08. The van der Waals surface area contributed by atoms with Gasteiger partial charge in [0.25, 0.3) is 5.91 Å². The Morgan fingerprint density at radius 1 is 1.35 bits per heavy atom. The maximum Gasteiger partial charge on any atom is 0.287 e. The van der Waals surface area contributed by atoms with Gasteiger partial charge in [0.05, 0.1) is 6.54 Å². The third-order valence-electron chi connectivity index (χ3n) is 4.28. The van der Waals surface area contributed by atoms with E-state index in [-0.39, 0.29) is 17.4 Å². The maximum atomic E-state index is 12.3. The molecule has 1 aromatic rings. The molecule has 0 bridgehead atoms. The molecule has 1 aromatic heterocycles. The van der Waals surface area contributed by atoms with Gasteiger partial charge >= 0.3 is 0 Å². The van der Waals surface area contributed by atoms with E-state index in [1.807, 2.05) is 0 Å². The van der Waals surface area contributed by atoms with Gasteiger partial charge in [-0.05, 0) is 36.3 Å². The number of hydrogen-bond donors (Lipinski definition) is 2. The SMILES string of the molecule is CC(C)(C)C1CCCCC1NC(=O)c1ccc(CN)o1. The van der Waals surface area contributed by atoms with Crippen LogP contribution in [0.3, 0.4) is 0 Å². The smallest absolute Gasteiger partial charge is 0.287 e. The summed E-state index contributed by atoms with van der Waals surface area (Å²) in [6, 6.07) is 3.70. The predicted molar refractivity (Wildman–Crippen MR) is 79.3 cm³/mol. The van der Waals surface area contributed by atoms with E-state index in [0.717, 1.165) is 6.42 Å². The van der Waals surface area contributed by atoms with Gasteiger partial charge in [0.2, 0.25) is 0 Å². The molecular weight excluding hydrogens is 252 g/mol. The molecule has 0 saturated heterocycles. The quantitative estimate of drug-likeness (QED) is 0.892. The predicted octanol–water partition coefficient (Wildman–Crippen LogP) is 3.07. The van der Waals surface area contributed by atoms with Crippen LogP contribution in [0, 0.1) is 11.3 Å². The molecule has 0 spiro atoms. The first-order chi connectivity index (χ1) is 9.41. The van der Waals surface area contributed by atoms with E-state index >= 15 is 0 Å². The van der Waals surface area contributed by atoms with E-state index in [4.69, 9.17) is 10.2 Å². The molecule has 1 saturated carbocycles. The molecule has 2 rings (SSSR count). The number of carbonyl (C=O) groups excluding carboxylic acids is 1. The monoisotopic (exact) mass is 278 g/mol. The summed E-state index contributed by atoms with van der Waals surface area (Å²) in [5, 5.41) is 3.16. The molecule has 2 atom stereocenters. The molecule has 4 nitrogen and oxygen atoms in total. The van der Waals surface area contributed by atoms with E-state index in [1.54, 1.807) is 12.1 Å². The summed E-state index contributed by atoms with van der Waals surface area (Å²) in [5.74, 6) is 1.41. The Morgan fingerprint density at radius 3 is 2.65 bits per heavy atom. The Kier molecular flexibility index (Phi) is 4.53. The minimum atomic E-state index is -0.120. The highest BCUT2D eigenvalue weighted by molar-refractivity contribution is 5.91. The summed E-state index contributed by atoms with van der Waals surface area (Å²) >= 11 is 0. The van der Waals surface area contributed by atoms with Crippen LogP contribution >= 0.6 is 0 Å². The second kappa shape index (κ2) is 6.00. The zero-order valence-corrected chi connectivity index (χ0v) is 12.7. The molecule has 0 aromatic carbocycles. The third-order valence-corrected chi connectivity index (χ3v) is 4.28. The lowest BCUT2D eigenvalue weighted by atomic mass is 9.69. The Hall–Kier alpha value is -1.29. The van der Waals surface area contributed by atoms with Crippen LogP contribution in [0.4, 0.5) is 0 Å². The van der Waals surface area contributed by atoms with E-state index < -0.39 is 0 Å². The molecule has 1 heterocycles. The minimum Gasteiger partial charge on any atom is -0.455 e. The van der Waals surface area contributed by atoms with E-state index in [9.17, 15) is 4.79 Å². The molecule has 2 unspecified atom stereocenters. The van der Waals surface area contributed by atoms with Gasteiger partial charge < -0.3 is 15.5 Å². The zero-order valence-electron chi connectivity index (χ0n) is 12.7. The lowest BCUT2D eigenvalue weighted by Gasteiger charge is -2.40. The van der Waals surface area contributed by atoms with Gasteiger partial charge in [0, 0.05) is 6.04 Å². The summed E-state index contributed by atoms with van der Waals surface area (Å²) in [5.41, 5.74) is 5.71. The second-order valence-corrected chi connectivity index (χ2v) is 6.81. The Bertz CT molecular complexity index is 459. The highest BCUT2D eigenvalue weighted by Crippen LogP contribution is 2.38. The Morgan fingerprint density at radius 2 is 2.05 bits per heavy atom. The number of amides is 1. The van der Waals surface area contributed by atoms with Gasteiger partial charge in [-0.2, -0.15) is 0 Å². The van der Waals surface area contributed by atoms with Gasteiger partial charge in [-0.1, -0.05) is 33.6 Å². The van der Waals surface area contributed by atoms with Crippen molar-refractivity contribution in [3.05, 3.63) is 23.7 Å². The Balaban J connectivity index is 2.05.